The molecule has 0 saturated carbocycles. The van der Waals surface area contributed by atoms with Gasteiger partial charge in [0, 0.05) is 22.2 Å². The van der Waals surface area contributed by atoms with Gasteiger partial charge in [0.1, 0.15) is 0 Å². The molecule has 0 atom stereocenters. The Labute approximate surface area is 178 Å². The Morgan fingerprint density at radius 2 is 1.59 bits per heavy atom. The molecule has 0 radical (unpaired) electrons. The van der Waals surface area contributed by atoms with Crippen LogP contribution < -0.4 is 18.9 Å². The molecule has 0 amide bonds. The Kier molecular flexibility index (Phi) is 8.90. The van der Waals surface area contributed by atoms with Crippen molar-refractivity contribution in [1.29, 1.82) is 0 Å². The largest absolute Gasteiger partial charge is 0.490 e. The molecular weight excluding hydrogens is 392 g/mol. The molecular formula is C23H31ClO5. The highest BCUT2D eigenvalue weighted by molar-refractivity contribution is 6.31. The van der Waals surface area contributed by atoms with Gasteiger partial charge in [-0.2, -0.15) is 0 Å². The van der Waals surface area contributed by atoms with Crippen molar-refractivity contribution in [3.8, 4) is 23.0 Å². The van der Waals surface area contributed by atoms with Gasteiger partial charge in [-0.3, -0.25) is 4.79 Å². The summed E-state index contributed by atoms with van der Waals surface area (Å²) in [6.45, 7) is 6.02. The molecule has 0 aliphatic carbocycles. The molecule has 0 spiro atoms. The van der Waals surface area contributed by atoms with E-state index < -0.39 is 0 Å². The summed E-state index contributed by atoms with van der Waals surface area (Å²) in [7, 11) is 3.04. The minimum atomic E-state index is -0.296. The lowest BCUT2D eigenvalue weighted by Crippen LogP contribution is -2.11. The molecule has 2 aromatic carbocycles. The summed E-state index contributed by atoms with van der Waals surface area (Å²) in [5.74, 6) is 1.25. The molecule has 0 bridgehead atoms. The quantitative estimate of drug-likeness (QED) is 0.233. The van der Waals surface area contributed by atoms with Gasteiger partial charge < -0.3 is 18.9 Å². The standard InChI is InChI=1S/C23H31ClO5/c1-6-7-8-9-10-11-19(25)29-20-17-13-12-16(24)14-18(17)21(28-15(2)3)23(27-5)22(20)26-4/h12-15H,6-11H2,1-5H3. The molecule has 5 nitrogen and oxygen atoms in total. The molecule has 0 aliphatic heterocycles. The first-order valence-electron chi connectivity index (χ1n) is 10.2. The van der Waals surface area contributed by atoms with Gasteiger partial charge in [-0.25, -0.2) is 0 Å². The third kappa shape index (κ3) is 5.92. The summed E-state index contributed by atoms with van der Waals surface area (Å²) in [6, 6.07) is 5.33. The highest BCUT2D eigenvalue weighted by atomic mass is 35.5. The Morgan fingerprint density at radius 1 is 0.931 bits per heavy atom. The van der Waals surface area contributed by atoms with E-state index in [4.69, 9.17) is 30.5 Å². The van der Waals surface area contributed by atoms with Gasteiger partial charge in [-0.1, -0.05) is 44.2 Å². The van der Waals surface area contributed by atoms with Crippen LogP contribution in [0.2, 0.25) is 5.02 Å². The molecule has 0 fully saturated rings. The lowest BCUT2D eigenvalue weighted by molar-refractivity contribution is -0.134. The molecule has 0 N–H and O–H groups in total. The predicted molar refractivity (Wildman–Crippen MR) is 117 cm³/mol. The number of hydrogen-bond donors (Lipinski definition) is 0. The average molecular weight is 423 g/mol. The van der Waals surface area contributed by atoms with Crippen LogP contribution in [-0.2, 0) is 4.79 Å². The van der Waals surface area contributed by atoms with Crippen LogP contribution in [-0.4, -0.2) is 26.3 Å². The van der Waals surface area contributed by atoms with Crippen molar-refractivity contribution >= 4 is 28.3 Å². The van der Waals surface area contributed by atoms with Crippen molar-refractivity contribution in [2.45, 2.75) is 65.4 Å². The minimum Gasteiger partial charge on any atom is -0.490 e. The number of benzene rings is 2. The van der Waals surface area contributed by atoms with E-state index in [1.807, 2.05) is 13.8 Å². The summed E-state index contributed by atoms with van der Waals surface area (Å²) in [5.41, 5.74) is 0. The molecule has 0 heterocycles. The van der Waals surface area contributed by atoms with Crippen LogP contribution in [0.1, 0.15) is 59.3 Å². The van der Waals surface area contributed by atoms with Crippen molar-refractivity contribution < 1.29 is 23.7 Å². The number of fused-ring (bicyclic) bond motifs is 1. The molecule has 2 rings (SSSR count). The third-order valence-corrected chi connectivity index (χ3v) is 4.79. The van der Waals surface area contributed by atoms with Gasteiger partial charge in [0.15, 0.2) is 11.5 Å². The second-order valence-electron chi connectivity index (χ2n) is 7.22. The van der Waals surface area contributed by atoms with E-state index in [-0.39, 0.29) is 12.1 Å². The fourth-order valence-electron chi connectivity index (χ4n) is 3.22. The average Bonchev–Trinajstić information content (AvgIpc) is 2.68. The van der Waals surface area contributed by atoms with E-state index in [1.165, 1.54) is 27.1 Å². The fraction of sp³-hybridized carbons (Fsp3) is 0.522. The van der Waals surface area contributed by atoms with E-state index in [0.29, 0.717) is 45.2 Å². The first kappa shape index (κ1) is 23.1. The number of rotatable bonds is 11. The topological polar surface area (TPSA) is 54.0 Å². The fourth-order valence-corrected chi connectivity index (χ4v) is 3.39. The third-order valence-electron chi connectivity index (χ3n) is 4.55. The van der Waals surface area contributed by atoms with Gasteiger partial charge >= 0.3 is 5.97 Å². The van der Waals surface area contributed by atoms with Crippen molar-refractivity contribution in [3.05, 3.63) is 23.2 Å². The summed E-state index contributed by atoms with van der Waals surface area (Å²) < 4.78 is 22.9. The lowest BCUT2D eigenvalue weighted by Gasteiger charge is -2.21. The zero-order valence-electron chi connectivity index (χ0n) is 18.0. The van der Waals surface area contributed by atoms with Gasteiger partial charge in [-0.15, -0.1) is 0 Å². The van der Waals surface area contributed by atoms with Crippen LogP contribution in [0.5, 0.6) is 23.0 Å². The maximum Gasteiger partial charge on any atom is 0.311 e. The minimum absolute atomic E-state index is 0.0905. The number of unbranched alkanes of at least 4 members (excludes halogenated alkanes) is 4. The van der Waals surface area contributed by atoms with Crippen LogP contribution >= 0.6 is 11.6 Å². The Morgan fingerprint density at radius 3 is 2.21 bits per heavy atom. The maximum absolute atomic E-state index is 12.5. The SMILES string of the molecule is CCCCCCCC(=O)Oc1c(OC)c(OC)c(OC(C)C)c2cc(Cl)ccc12. The number of halogens is 1. The second-order valence-corrected chi connectivity index (χ2v) is 7.66. The van der Waals surface area contributed by atoms with Crippen molar-refractivity contribution in [2.75, 3.05) is 14.2 Å². The van der Waals surface area contributed by atoms with Crippen molar-refractivity contribution in [3.63, 3.8) is 0 Å². The van der Waals surface area contributed by atoms with Crippen LogP contribution in [0.25, 0.3) is 10.8 Å². The summed E-state index contributed by atoms with van der Waals surface area (Å²) >= 11 is 6.23. The number of methoxy groups -OCH3 is 2. The van der Waals surface area contributed by atoms with Crippen LogP contribution in [0.3, 0.4) is 0 Å². The second kappa shape index (κ2) is 11.1. The number of carbonyl (C=O) groups is 1. The number of hydrogen-bond acceptors (Lipinski definition) is 5. The van der Waals surface area contributed by atoms with E-state index in [1.54, 1.807) is 18.2 Å². The maximum atomic E-state index is 12.5. The summed E-state index contributed by atoms with van der Waals surface area (Å²) in [6.07, 6.45) is 5.56. The molecule has 0 saturated heterocycles. The number of carbonyl (C=O) groups excluding carboxylic acids is 1. The molecule has 2 aromatic rings. The first-order chi connectivity index (χ1) is 13.9. The highest BCUT2D eigenvalue weighted by Crippen LogP contribution is 2.51. The van der Waals surface area contributed by atoms with E-state index >= 15 is 0 Å². The molecule has 0 unspecified atom stereocenters. The zero-order chi connectivity index (χ0) is 21.4. The van der Waals surface area contributed by atoms with Crippen LogP contribution in [0.4, 0.5) is 0 Å². The van der Waals surface area contributed by atoms with E-state index in [9.17, 15) is 4.79 Å². The van der Waals surface area contributed by atoms with E-state index in [0.717, 1.165) is 19.3 Å². The number of esters is 1. The Balaban J connectivity index is 2.44. The monoisotopic (exact) mass is 422 g/mol. The van der Waals surface area contributed by atoms with Crippen LogP contribution in [0.15, 0.2) is 18.2 Å². The van der Waals surface area contributed by atoms with Crippen molar-refractivity contribution in [1.82, 2.24) is 0 Å². The number of ether oxygens (including phenoxy) is 4. The molecule has 29 heavy (non-hydrogen) atoms. The Hall–Kier alpha value is -2.14. The molecule has 160 valence electrons. The predicted octanol–water partition coefficient (Wildman–Crippen LogP) is 6.56. The van der Waals surface area contributed by atoms with Crippen LogP contribution in [0, 0.1) is 0 Å². The van der Waals surface area contributed by atoms with Gasteiger partial charge in [0.2, 0.25) is 11.5 Å². The van der Waals surface area contributed by atoms with Gasteiger partial charge in [0.05, 0.1) is 20.3 Å². The smallest absolute Gasteiger partial charge is 0.311 e. The highest BCUT2D eigenvalue weighted by Gasteiger charge is 2.26. The van der Waals surface area contributed by atoms with Crippen molar-refractivity contribution in [2.24, 2.45) is 0 Å². The summed E-state index contributed by atoms with van der Waals surface area (Å²) in [4.78, 5) is 12.5. The zero-order valence-corrected chi connectivity index (χ0v) is 18.7. The first-order valence-corrected chi connectivity index (χ1v) is 10.5. The normalized spacial score (nSPS) is 11.0. The molecule has 0 aliphatic rings. The molecule has 0 aromatic heterocycles. The summed E-state index contributed by atoms with van der Waals surface area (Å²) in [5, 5.41) is 1.93. The van der Waals surface area contributed by atoms with Gasteiger partial charge in [0.25, 0.3) is 0 Å². The van der Waals surface area contributed by atoms with E-state index in [2.05, 4.69) is 6.92 Å². The lowest BCUT2D eigenvalue weighted by atomic mass is 10.1. The molecule has 6 heteroatoms. The Bertz CT molecular complexity index is 832. The van der Waals surface area contributed by atoms with Gasteiger partial charge in [-0.05, 0) is 38.5 Å².